The van der Waals surface area contributed by atoms with E-state index in [9.17, 15) is 20.3 Å². The Hall–Kier alpha value is -2.74. The number of nitrogens with one attached hydrogen (secondary N) is 2. The first-order valence-electron chi connectivity index (χ1n) is 9.25. The van der Waals surface area contributed by atoms with E-state index in [0.717, 1.165) is 16.9 Å². The van der Waals surface area contributed by atoms with Gasteiger partial charge in [0.2, 0.25) is 5.60 Å². The number of esters is 1. The average Bonchev–Trinajstić information content (AvgIpc) is 3.12. The first-order chi connectivity index (χ1) is 13.4. The van der Waals surface area contributed by atoms with Crippen LogP contribution in [0.3, 0.4) is 0 Å². The van der Waals surface area contributed by atoms with E-state index in [2.05, 4.69) is 10.1 Å². The highest BCUT2D eigenvalue weighted by Crippen LogP contribution is 2.41. The summed E-state index contributed by atoms with van der Waals surface area (Å²) in [5.74, 6) is -1.41. The highest BCUT2D eigenvalue weighted by molar-refractivity contribution is 5.71. The fourth-order valence-electron chi connectivity index (χ4n) is 2.77. The summed E-state index contributed by atoms with van der Waals surface area (Å²) in [5, 5.41) is 41.2. The van der Waals surface area contributed by atoms with Crippen LogP contribution in [0.25, 0.3) is 5.52 Å². The van der Waals surface area contributed by atoms with Crippen molar-refractivity contribution in [2.75, 3.05) is 6.56 Å². The Kier molecular flexibility index (Phi) is 3.62. The van der Waals surface area contributed by atoms with E-state index in [1.165, 1.54) is 13.8 Å². The van der Waals surface area contributed by atoms with Crippen molar-refractivity contribution < 1.29 is 28.6 Å². The van der Waals surface area contributed by atoms with Gasteiger partial charge in [-0.05, 0) is 12.1 Å². The van der Waals surface area contributed by atoms with Crippen molar-refractivity contribution in [1.29, 1.82) is 10.7 Å². The number of fused-ring (bicyclic) bond motifs is 1. The molecule has 1 aliphatic heterocycles. The number of aromatic nitrogens is 3. The predicted octanol–water partition coefficient (Wildman–Crippen LogP) is -0.819. The topological polar surface area (TPSA) is 157 Å². The molecule has 0 saturated carbocycles. The number of aliphatic hydroxyl groups excluding tert-OH is 1. The Bertz CT molecular complexity index is 1060. The van der Waals surface area contributed by atoms with Gasteiger partial charge in [-0.1, -0.05) is 13.8 Å². The van der Waals surface area contributed by atoms with Crippen molar-refractivity contribution in [2.45, 2.75) is 37.8 Å². The Morgan fingerprint density at radius 1 is 1.77 bits per heavy atom. The van der Waals surface area contributed by atoms with Crippen LogP contribution in [-0.4, -0.2) is 55.7 Å². The average molecular weight is 364 g/mol. The van der Waals surface area contributed by atoms with Gasteiger partial charge >= 0.3 is 5.97 Å². The summed E-state index contributed by atoms with van der Waals surface area (Å²) >= 11 is 0. The maximum absolute atomic E-state index is 12.1. The number of hydrogen-bond acceptors (Lipinski definition) is 8. The molecular weight excluding hydrogens is 342 g/mol. The summed E-state index contributed by atoms with van der Waals surface area (Å²) in [6, 6.07) is 2.70. The molecule has 3 heterocycles. The number of rotatable bonds is 4. The van der Waals surface area contributed by atoms with Crippen molar-refractivity contribution in [3.63, 3.8) is 0 Å². The molecule has 0 spiro atoms. The van der Waals surface area contributed by atoms with Gasteiger partial charge in [-0.25, -0.2) is 4.98 Å². The lowest BCUT2D eigenvalue weighted by atomic mass is 9.92. The van der Waals surface area contributed by atoms with Crippen LogP contribution in [0.4, 0.5) is 0 Å². The Morgan fingerprint density at radius 3 is 3.12 bits per heavy atom. The number of nitrogens with zero attached hydrogens (tertiary/aromatic N) is 3. The molecule has 0 amide bonds. The Morgan fingerprint density at radius 2 is 2.50 bits per heavy atom. The van der Waals surface area contributed by atoms with Gasteiger partial charge in [0.05, 0.1) is 22.3 Å². The van der Waals surface area contributed by atoms with Crippen LogP contribution in [0.5, 0.6) is 0 Å². The van der Waals surface area contributed by atoms with Gasteiger partial charge in [0, 0.05) is 0 Å². The third-order valence-corrected chi connectivity index (χ3v) is 4.15. The fourth-order valence-corrected chi connectivity index (χ4v) is 2.77. The minimum Gasteiger partial charge on any atom is -0.456 e. The maximum Gasteiger partial charge on any atom is 0.308 e. The van der Waals surface area contributed by atoms with Gasteiger partial charge in [0.25, 0.3) is 0 Å². The second kappa shape index (κ2) is 6.53. The first-order valence-corrected chi connectivity index (χ1v) is 7.75. The Balaban J connectivity index is 2.19. The van der Waals surface area contributed by atoms with Crippen LogP contribution in [0.15, 0.2) is 18.4 Å². The van der Waals surface area contributed by atoms with Crippen molar-refractivity contribution in [1.82, 2.24) is 14.6 Å². The van der Waals surface area contributed by atoms with E-state index in [0.29, 0.717) is 0 Å². The summed E-state index contributed by atoms with van der Waals surface area (Å²) in [4.78, 5) is 15.8. The molecule has 138 valence electrons. The van der Waals surface area contributed by atoms with Gasteiger partial charge < -0.3 is 19.7 Å². The molecular formula is C16H19N5O5. The number of aliphatic hydroxyl groups is 2. The van der Waals surface area contributed by atoms with Crippen LogP contribution in [-0.2, 0) is 19.9 Å². The number of ether oxygens (including phenoxy) is 2. The van der Waals surface area contributed by atoms with Crippen LogP contribution >= 0.6 is 0 Å². The van der Waals surface area contributed by atoms with Gasteiger partial charge in [-0.2, -0.15) is 5.26 Å². The van der Waals surface area contributed by atoms with Crippen molar-refractivity contribution in [3.8, 4) is 6.07 Å². The zero-order valence-electron chi connectivity index (χ0n) is 16.9. The lowest BCUT2D eigenvalue weighted by molar-refractivity contribution is -0.160. The smallest absolute Gasteiger partial charge is 0.308 e. The minimum absolute atomic E-state index is 0.0147. The molecule has 10 heteroatoms. The van der Waals surface area contributed by atoms with Gasteiger partial charge in [-0.3, -0.25) is 19.8 Å². The van der Waals surface area contributed by atoms with E-state index in [-0.39, 0.29) is 22.7 Å². The highest BCUT2D eigenvalue weighted by atomic mass is 16.6. The van der Waals surface area contributed by atoms with Gasteiger partial charge in [-0.15, -0.1) is 0 Å². The van der Waals surface area contributed by atoms with E-state index in [1.54, 1.807) is 6.07 Å². The number of H-pyrrole nitrogens is 1. The maximum atomic E-state index is 12.1. The van der Waals surface area contributed by atoms with Crippen molar-refractivity contribution in [2.24, 2.45) is 5.92 Å². The summed E-state index contributed by atoms with van der Waals surface area (Å²) < 4.78 is 35.1. The monoisotopic (exact) mass is 364 g/mol. The summed E-state index contributed by atoms with van der Waals surface area (Å²) in [5.41, 5.74) is -2.74. The summed E-state index contributed by atoms with van der Waals surface area (Å²) in [6.07, 6.45) is -4.38. The van der Waals surface area contributed by atoms with Crippen LogP contribution < -0.4 is 5.49 Å². The third kappa shape index (κ3) is 2.57. The molecule has 1 aliphatic rings. The zero-order valence-corrected chi connectivity index (χ0v) is 13.9. The quantitative estimate of drug-likeness (QED) is 0.516. The molecule has 0 aliphatic carbocycles. The largest absolute Gasteiger partial charge is 0.456 e. The predicted molar refractivity (Wildman–Crippen MR) is 85.4 cm³/mol. The first kappa shape index (κ1) is 14.4. The lowest BCUT2D eigenvalue weighted by Crippen LogP contribution is -2.43. The van der Waals surface area contributed by atoms with E-state index >= 15 is 0 Å². The van der Waals surface area contributed by atoms with E-state index in [4.69, 9.17) is 19.0 Å². The zero-order chi connectivity index (χ0) is 21.7. The number of carbonyl (C=O) groups excluding carboxylic acids is 1. The van der Waals surface area contributed by atoms with E-state index < -0.39 is 42.4 Å². The second-order valence-corrected chi connectivity index (χ2v) is 6.11. The minimum atomic E-state index is -3.07. The molecule has 1 saturated heterocycles. The fraction of sp³-hybridized carbons (Fsp3) is 0.500. The lowest BCUT2D eigenvalue weighted by Gasteiger charge is -2.25. The molecule has 2 aromatic rings. The SMILES string of the molecule is [2H]c1cc([C@]2(C#N)O[C@H](C([2H])([2H])O)[C@@H](OC(=O)C(C)C)[C@H]2O)n2[nH]cnc(=N)c12. The van der Waals surface area contributed by atoms with Crippen LogP contribution in [0, 0.1) is 22.7 Å². The van der Waals surface area contributed by atoms with Crippen LogP contribution in [0.1, 0.15) is 23.7 Å². The standard InChI is InChI=1S/C16H19N5O5/c1-8(2)15(24)25-12-10(5-22)26-16(6-17,13(12)23)11-4-3-9-14(18)19-7-20-21(9)11/h3-4,7-8,10,12-13,22-23H,5H2,1-2H3,(H2,18,19,20)/t10-,12-,13-,16+/m1/s1/i3D,5D2. The molecule has 0 bridgehead atoms. The number of carbonyl (C=O) groups is 1. The van der Waals surface area contributed by atoms with Crippen molar-refractivity contribution in [3.05, 3.63) is 29.6 Å². The Labute approximate surface area is 152 Å². The van der Waals surface area contributed by atoms with Crippen molar-refractivity contribution >= 4 is 11.5 Å². The normalized spacial score (nSPS) is 30.6. The molecule has 0 radical (unpaired) electrons. The molecule has 0 aromatic carbocycles. The number of aromatic amines is 1. The molecule has 4 N–H and O–H groups in total. The summed E-state index contributed by atoms with van der Waals surface area (Å²) in [6.45, 7) is -0.0190. The molecule has 4 atom stereocenters. The van der Waals surface area contributed by atoms with Crippen LogP contribution in [0.2, 0.25) is 0 Å². The molecule has 26 heavy (non-hydrogen) atoms. The van der Waals surface area contributed by atoms with E-state index in [1.807, 2.05) is 0 Å². The molecule has 1 fully saturated rings. The second-order valence-electron chi connectivity index (χ2n) is 6.11. The highest BCUT2D eigenvalue weighted by Gasteiger charge is 2.59. The van der Waals surface area contributed by atoms with Gasteiger partial charge in [0.1, 0.15) is 30.1 Å². The molecule has 3 rings (SSSR count). The molecule has 2 aromatic heterocycles. The molecule has 0 unspecified atom stereocenters. The van der Waals surface area contributed by atoms with Gasteiger partial charge in [0.15, 0.2) is 11.6 Å². The number of hydrogen-bond donors (Lipinski definition) is 4. The molecule has 10 nitrogen and oxygen atoms in total. The third-order valence-electron chi connectivity index (χ3n) is 4.15. The summed E-state index contributed by atoms with van der Waals surface area (Å²) in [7, 11) is 0. The number of nitriles is 1.